The second kappa shape index (κ2) is 4.10. The van der Waals surface area contributed by atoms with Crippen LogP contribution < -0.4 is 0 Å². The van der Waals surface area contributed by atoms with Gasteiger partial charge in [0.1, 0.15) is 0 Å². The molecule has 0 atom stereocenters. The van der Waals surface area contributed by atoms with Crippen LogP contribution in [0.5, 0.6) is 0 Å². The first kappa shape index (κ1) is 9.01. The predicted molar refractivity (Wildman–Crippen MR) is 63.4 cm³/mol. The van der Waals surface area contributed by atoms with Crippen LogP contribution in [0.2, 0.25) is 0 Å². The Kier molecular flexibility index (Phi) is 2.64. The quantitative estimate of drug-likeness (QED) is 0.634. The lowest BCUT2D eigenvalue weighted by molar-refractivity contribution is 1.70. The van der Waals surface area contributed by atoms with Crippen LogP contribution in [-0.4, -0.2) is 0 Å². The van der Waals surface area contributed by atoms with Gasteiger partial charge in [0.25, 0.3) is 0 Å². The van der Waals surface area contributed by atoms with Gasteiger partial charge in [0, 0.05) is 9.75 Å². The highest BCUT2D eigenvalue weighted by molar-refractivity contribution is 7.16. The van der Waals surface area contributed by atoms with Crippen LogP contribution in [0.15, 0.2) is 54.8 Å². The summed E-state index contributed by atoms with van der Waals surface area (Å²) in [6.07, 6.45) is 1.90. The van der Waals surface area contributed by atoms with E-state index in [0.717, 1.165) is 0 Å². The highest BCUT2D eigenvalue weighted by Crippen LogP contribution is 2.28. The van der Waals surface area contributed by atoms with Crippen LogP contribution >= 0.6 is 11.3 Å². The molecule has 1 aromatic heterocycles. The molecule has 0 saturated heterocycles. The van der Waals surface area contributed by atoms with Crippen molar-refractivity contribution < 1.29 is 0 Å². The largest absolute Gasteiger partial charge is 0.135 e. The fourth-order valence-electron chi connectivity index (χ4n) is 1.29. The monoisotopic (exact) mass is 198 g/mol. The summed E-state index contributed by atoms with van der Waals surface area (Å²) < 4.78 is 0. The Labute approximate surface area is 87.8 Å². The SMILES string of the molecule is C=C=Cc1ccc(-c2ccccc2)s1. The van der Waals surface area contributed by atoms with Gasteiger partial charge in [-0.2, -0.15) is 0 Å². The molecule has 0 unspecified atom stereocenters. The van der Waals surface area contributed by atoms with Gasteiger partial charge < -0.3 is 0 Å². The zero-order valence-corrected chi connectivity index (χ0v) is 8.55. The molecular weight excluding hydrogens is 188 g/mol. The summed E-state index contributed by atoms with van der Waals surface area (Å²) in [6, 6.07) is 14.6. The van der Waals surface area contributed by atoms with E-state index in [9.17, 15) is 0 Å². The minimum atomic E-state index is 1.19. The zero-order chi connectivity index (χ0) is 9.80. The van der Waals surface area contributed by atoms with E-state index < -0.39 is 0 Å². The second-order valence-electron chi connectivity index (χ2n) is 2.92. The van der Waals surface area contributed by atoms with Gasteiger partial charge in [0.15, 0.2) is 0 Å². The van der Waals surface area contributed by atoms with Crippen molar-refractivity contribution in [3.8, 4) is 10.4 Å². The smallest absolute Gasteiger partial charge is 0.0353 e. The van der Waals surface area contributed by atoms with E-state index in [4.69, 9.17) is 0 Å². The van der Waals surface area contributed by atoms with Gasteiger partial charge in [0.05, 0.1) is 0 Å². The first-order valence-corrected chi connectivity index (χ1v) is 5.23. The van der Waals surface area contributed by atoms with Crippen LogP contribution in [0.25, 0.3) is 16.5 Å². The lowest BCUT2D eigenvalue weighted by Crippen LogP contribution is -1.67. The van der Waals surface area contributed by atoms with Crippen molar-refractivity contribution in [3.05, 3.63) is 59.7 Å². The van der Waals surface area contributed by atoms with Crippen molar-refractivity contribution in [2.75, 3.05) is 0 Å². The van der Waals surface area contributed by atoms with E-state index >= 15 is 0 Å². The Bertz CT molecular complexity index is 459. The molecule has 68 valence electrons. The maximum absolute atomic E-state index is 3.56. The maximum atomic E-state index is 3.56. The molecule has 0 fully saturated rings. The molecule has 0 N–H and O–H groups in total. The number of rotatable bonds is 2. The zero-order valence-electron chi connectivity index (χ0n) is 7.73. The van der Waals surface area contributed by atoms with Crippen LogP contribution in [0.4, 0.5) is 0 Å². The Morgan fingerprint density at radius 3 is 2.57 bits per heavy atom. The van der Waals surface area contributed by atoms with Crippen molar-refractivity contribution in [3.63, 3.8) is 0 Å². The average Bonchev–Trinajstić information content (AvgIpc) is 2.68. The maximum Gasteiger partial charge on any atom is 0.0353 e. The van der Waals surface area contributed by atoms with E-state index in [2.05, 4.69) is 48.7 Å². The number of thiophene rings is 1. The Hall–Kier alpha value is -1.56. The molecular formula is C13H10S. The molecule has 2 aromatic rings. The molecule has 1 aromatic carbocycles. The molecule has 1 heteroatoms. The van der Waals surface area contributed by atoms with E-state index in [1.54, 1.807) is 11.3 Å². The van der Waals surface area contributed by atoms with Gasteiger partial charge in [0.2, 0.25) is 0 Å². The Balaban J connectivity index is 2.39. The second-order valence-corrected chi connectivity index (χ2v) is 4.03. The normalized spacial score (nSPS) is 9.43. The summed E-state index contributed by atoms with van der Waals surface area (Å²) in [5, 5.41) is 0. The van der Waals surface area contributed by atoms with Crippen molar-refractivity contribution in [2.24, 2.45) is 0 Å². The van der Waals surface area contributed by atoms with E-state index in [1.165, 1.54) is 15.3 Å². The molecule has 0 aliphatic rings. The molecule has 0 aliphatic carbocycles. The van der Waals surface area contributed by atoms with Crippen molar-refractivity contribution in [2.45, 2.75) is 0 Å². The summed E-state index contributed by atoms with van der Waals surface area (Å²) >= 11 is 1.75. The molecule has 0 nitrogen and oxygen atoms in total. The molecule has 1 heterocycles. The van der Waals surface area contributed by atoms with E-state index in [-0.39, 0.29) is 0 Å². The van der Waals surface area contributed by atoms with Gasteiger partial charge in [-0.05, 0) is 23.8 Å². The average molecular weight is 198 g/mol. The van der Waals surface area contributed by atoms with E-state index in [0.29, 0.717) is 0 Å². The lowest BCUT2D eigenvalue weighted by Gasteiger charge is -1.93. The minimum absolute atomic E-state index is 1.19. The highest BCUT2D eigenvalue weighted by atomic mass is 32.1. The summed E-state index contributed by atoms with van der Waals surface area (Å²) in [5.41, 5.74) is 4.05. The molecule has 0 bridgehead atoms. The number of hydrogen-bond acceptors (Lipinski definition) is 1. The van der Waals surface area contributed by atoms with Gasteiger partial charge in [-0.3, -0.25) is 0 Å². The third-order valence-corrected chi connectivity index (χ3v) is 3.01. The van der Waals surface area contributed by atoms with Crippen molar-refractivity contribution in [1.29, 1.82) is 0 Å². The Morgan fingerprint density at radius 2 is 1.86 bits per heavy atom. The summed E-state index contributed by atoms with van der Waals surface area (Å²) in [5.74, 6) is 0. The third kappa shape index (κ3) is 1.85. The minimum Gasteiger partial charge on any atom is -0.135 e. The Morgan fingerprint density at radius 1 is 1.07 bits per heavy atom. The lowest BCUT2D eigenvalue weighted by atomic mass is 10.2. The fraction of sp³-hybridized carbons (Fsp3) is 0. The molecule has 2 rings (SSSR count). The van der Waals surface area contributed by atoms with Crippen LogP contribution in [0.3, 0.4) is 0 Å². The van der Waals surface area contributed by atoms with E-state index in [1.807, 2.05) is 12.1 Å². The van der Waals surface area contributed by atoms with Gasteiger partial charge in [-0.25, -0.2) is 0 Å². The highest BCUT2D eigenvalue weighted by Gasteiger charge is 1.99. The molecule has 0 spiro atoms. The summed E-state index contributed by atoms with van der Waals surface area (Å²) in [7, 11) is 0. The molecule has 0 saturated carbocycles. The first-order valence-electron chi connectivity index (χ1n) is 4.41. The fourth-order valence-corrected chi connectivity index (χ4v) is 2.21. The van der Waals surface area contributed by atoms with Gasteiger partial charge >= 0.3 is 0 Å². The summed E-state index contributed by atoms with van der Waals surface area (Å²) in [6.45, 7) is 3.56. The van der Waals surface area contributed by atoms with Gasteiger partial charge in [-0.15, -0.1) is 17.1 Å². The van der Waals surface area contributed by atoms with Crippen molar-refractivity contribution >= 4 is 17.4 Å². The van der Waals surface area contributed by atoms with Gasteiger partial charge in [-0.1, -0.05) is 36.9 Å². The first-order chi connectivity index (χ1) is 6.90. The molecule has 0 radical (unpaired) electrons. The number of hydrogen-bond donors (Lipinski definition) is 0. The topological polar surface area (TPSA) is 0 Å². The number of benzene rings is 1. The van der Waals surface area contributed by atoms with Crippen LogP contribution in [0, 0.1) is 0 Å². The molecule has 0 aliphatic heterocycles. The predicted octanol–water partition coefficient (Wildman–Crippen LogP) is 4.21. The van der Waals surface area contributed by atoms with Crippen LogP contribution in [-0.2, 0) is 0 Å². The van der Waals surface area contributed by atoms with Crippen molar-refractivity contribution in [1.82, 2.24) is 0 Å². The molecule has 0 amide bonds. The van der Waals surface area contributed by atoms with Crippen LogP contribution in [0.1, 0.15) is 4.88 Å². The summed E-state index contributed by atoms with van der Waals surface area (Å²) in [4.78, 5) is 2.48. The molecule has 14 heavy (non-hydrogen) atoms. The standard InChI is InChI=1S/C13H10S/c1-2-6-12-9-10-13(14-12)11-7-4-3-5-8-11/h3-10H,1H2. The third-order valence-electron chi connectivity index (χ3n) is 1.93.